The number of benzene rings is 1. The maximum absolute atomic E-state index is 9.39. The molecule has 0 aromatic heterocycles. The fraction of sp³-hybridized carbons (Fsp3) is 0.720. The molecule has 1 aliphatic rings. The molecular weight excluding hydrogens is 388 g/mol. The van der Waals surface area contributed by atoms with Gasteiger partial charge in [0.15, 0.2) is 5.96 Å². The van der Waals surface area contributed by atoms with Crippen LogP contribution >= 0.6 is 0 Å². The molecule has 6 nitrogen and oxygen atoms in total. The number of aliphatic hydroxyl groups is 1. The van der Waals surface area contributed by atoms with Crippen LogP contribution in [0.1, 0.15) is 58.1 Å². The van der Waals surface area contributed by atoms with E-state index in [1.807, 2.05) is 0 Å². The Bertz CT molecular complexity index is 647. The predicted molar refractivity (Wildman–Crippen MR) is 130 cm³/mol. The first-order valence-corrected chi connectivity index (χ1v) is 12.0. The van der Waals surface area contributed by atoms with Gasteiger partial charge in [-0.2, -0.15) is 0 Å². The van der Waals surface area contributed by atoms with Gasteiger partial charge in [0.2, 0.25) is 0 Å². The normalized spacial score (nSPS) is 21.2. The van der Waals surface area contributed by atoms with Crippen LogP contribution in [0.25, 0.3) is 0 Å². The summed E-state index contributed by atoms with van der Waals surface area (Å²) in [6.45, 7) is 10.4. The van der Waals surface area contributed by atoms with E-state index in [1.165, 1.54) is 18.4 Å². The second-order valence-corrected chi connectivity index (χ2v) is 9.21. The van der Waals surface area contributed by atoms with Gasteiger partial charge in [0, 0.05) is 32.3 Å². The molecule has 176 valence electrons. The molecular formula is C25H44N4O2. The van der Waals surface area contributed by atoms with Gasteiger partial charge in [-0.05, 0) is 81.6 Å². The fourth-order valence-corrected chi connectivity index (χ4v) is 4.72. The van der Waals surface area contributed by atoms with Crippen molar-refractivity contribution in [2.75, 3.05) is 46.9 Å². The lowest BCUT2D eigenvalue weighted by atomic mass is 9.85. The van der Waals surface area contributed by atoms with Gasteiger partial charge in [-0.15, -0.1) is 0 Å². The first-order chi connectivity index (χ1) is 15.0. The molecule has 0 amide bonds. The maximum atomic E-state index is 9.39. The van der Waals surface area contributed by atoms with Gasteiger partial charge in [0.1, 0.15) is 5.75 Å². The van der Waals surface area contributed by atoms with Gasteiger partial charge < -0.3 is 20.5 Å². The van der Waals surface area contributed by atoms with Crippen LogP contribution < -0.4 is 15.4 Å². The number of ether oxygens (including phenoxy) is 1. The Balaban J connectivity index is 2.05. The number of rotatable bonds is 11. The van der Waals surface area contributed by atoms with Crippen molar-refractivity contribution in [1.82, 2.24) is 15.5 Å². The van der Waals surface area contributed by atoms with Crippen LogP contribution in [-0.2, 0) is 0 Å². The molecule has 3 unspecified atom stereocenters. The molecule has 31 heavy (non-hydrogen) atoms. The zero-order valence-electron chi connectivity index (χ0n) is 20.2. The molecule has 0 spiro atoms. The van der Waals surface area contributed by atoms with E-state index in [1.54, 1.807) is 7.11 Å². The third-order valence-corrected chi connectivity index (χ3v) is 6.19. The van der Waals surface area contributed by atoms with Gasteiger partial charge in [-0.1, -0.05) is 26.0 Å². The van der Waals surface area contributed by atoms with Gasteiger partial charge in [0.25, 0.3) is 0 Å². The van der Waals surface area contributed by atoms with Crippen molar-refractivity contribution in [3.05, 3.63) is 29.8 Å². The third-order valence-electron chi connectivity index (χ3n) is 6.19. The van der Waals surface area contributed by atoms with Gasteiger partial charge in [0.05, 0.1) is 7.11 Å². The lowest BCUT2D eigenvalue weighted by molar-refractivity contribution is 0.122. The van der Waals surface area contributed by atoms with Crippen molar-refractivity contribution in [3.63, 3.8) is 0 Å². The Morgan fingerprint density at radius 1 is 1.26 bits per heavy atom. The van der Waals surface area contributed by atoms with Crippen molar-refractivity contribution in [2.45, 2.75) is 52.5 Å². The highest BCUT2D eigenvalue weighted by Gasteiger charge is 2.30. The minimum Gasteiger partial charge on any atom is -0.497 e. The number of methoxy groups -OCH3 is 1. The average molecular weight is 433 g/mol. The lowest BCUT2D eigenvalue weighted by Gasteiger charge is -2.40. The van der Waals surface area contributed by atoms with E-state index in [2.05, 4.69) is 67.6 Å². The van der Waals surface area contributed by atoms with Crippen LogP contribution in [0.3, 0.4) is 0 Å². The summed E-state index contributed by atoms with van der Waals surface area (Å²) < 4.78 is 5.34. The maximum Gasteiger partial charge on any atom is 0.191 e. The molecule has 0 radical (unpaired) electrons. The molecule has 1 aliphatic heterocycles. The number of likely N-dealkylation sites (tertiary alicyclic amines) is 1. The Labute approximate surface area is 189 Å². The minimum absolute atomic E-state index is 0.231. The van der Waals surface area contributed by atoms with E-state index in [0.717, 1.165) is 50.7 Å². The van der Waals surface area contributed by atoms with Crippen LogP contribution in [-0.4, -0.2) is 62.9 Å². The second-order valence-electron chi connectivity index (χ2n) is 9.21. The van der Waals surface area contributed by atoms with Crippen LogP contribution in [0.2, 0.25) is 0 Å². The number of hydrogen-bond donors (Lipinski definition) is 3. The molecule has 1 saturated heterocycles. The van der Waals surface area contributed by atoms with Crippen molar-refractivity contribution in [3.8, 4) is 5.75 Å². The summed E-state index contributed by atoms with van der Waals surface area (Å²) in [5, 5.41) is 16.4. The number of guanidine groups is 1. The van der Waals surface area contributed by atoms with Crippen molar-refractivity contribution >= 4 is 5.96 Å². The van der Waals surface area contributed by atoms with Crippen LogP contribution in [0, 0.1) is 17.8 Å². The number of aliphatic imine (C=N–C) groups is 1. The number of aliphatic hydroxyl groups excluding tert-OH is 1. The molecule has 3 atom stereocenters. The van der Waals surface area contributed by atoms with E-state index in [4.69, 9.17) is 9.73 Å². The first-order valence-electron chi connectivity index (χ1n) is 12.0. The summed E-state index contributed by atoms with van der Waals surface area (Å²) in [4.78, 5) is 7.34. The fourth-order valence-electron chi connectivity index (χ4n) is 4.72. The van der Waals surface area contributed by atoms with Crippen LogP contribution in [0.5, 0.6) is 5.75 Å². The van der Waals surface area contributed by atoms with E-state index in [9.17, 15) is 5.11 Å². The van der Waals surface area contributed by atoms with Gasteiger partial charge >= 0.3 is 0 Å². The summed E-state index contributed by atoms with van der Waals surface area (Å²) in [5.74, 6) is 3.34. The average Bonchev–Trinajstić information content (AvgIpc) is 2.75. The van der Waals surface area contributed by atoms with Crippen LogP contribution in [0.4, 0.5) is 0 Å². The highest BCUT2D eigenvalue weighted by atomic mass is 16.5. The van der Waals surface area contributed by atoms with E-state index in [0.29, 0.717) is 23.8 Å². The molecule has 3 N–H and O–H groups in total. The van der Waals surface area contributed by atoms with Crippen LogP contribution in [0.15, 0.2) is 29.3 Å². The predicted octanol–water partition coefficient (Wildman–Crippen LogP) is 3.68. The van der Waals surface area contributed by atoms with Crippen molar-refractivity contribution < 1.29 is 9.84 Å². The van der Waals surface area contributed by atoms with Crippen molar-refractivity contribution in [2.24, 2.45) is 22.7 Å². The third kappa shape index (κ3) is 8.34. The molecule has 1 heterocycles. The zero-order valence-corrected chi connectivity index (χ0v) is 20.2. The minimum atomic E-state index is 0.231. The second kappa shape index (κ2) is 13.6. The SMILES string of the molecule is CCNC(=NCC(CCO)CC(C)C)NCC1CCCN(C)C1c1ccc(OC)cc1. The van der Waals surface area contributed by atoms with Gasteiger partial charge in [-0.3, -0.25) is 9.89 Å². The topological polar surface area (TPSA) is 69.1 Å². The molecule has 0 saturated carbocycles. The Kier molecular flexibility index (Phi) is 11.2. The molecule has 1 fully saturated rings. The molecule has 6 heteroatoms. The summed E-state index contributed by atoms with van der Waals surface area (Å²) >= 11 is 0. The highest BCUT2D eigenvalue weighted by molar-refractivity contribution is 5.79. The van der Waals surface area contributed by atoms with Gasteiger partial charge in [-0.25, -0.2) is 0 Å². The smallest absolute Gasteiger partial charge is 0.191 e. The monoisotopic (exact) mass is 432 g/mol. The van der Waals surface area contributed by atoms with Crippen molar-refractivity contribution in [1.29, 1.82) is 0 Å². The quantitative estimate of drug-likeness (QED) is 0.368. The number of nitrogens with one attached hydrogen (secondary N) is 2. The number of hydrogen-bond acceptors (Lipinski definition) is 4. The van der Waals surface area contributed by atoms with E-state index in [-0.39, 0.29) is 6.61 Å². The summed E-state index contributed by atoms with van der Waals surface area (Å²) in [7, 11) is 3.94. The number of piperidine rings is 1. The Morgan fingerprint density at radius 3 is 2.61 bits per heavy atom. The zero-order chi connectivity index (χ0) is 22.6. The summed E-state index contributed by atoms with van der Waals surface area (Å²) in [5.41, 5.74) is 1.34. The largest absolute Gasteiger partial charge is 0.497 e. The Morgan fingerprint density at radius 2 is 2.00 bits per heavy atom. The molecule has 1 aromatic carbocycles. The highest BCUT2D eigenvalue weighted by Crippen LogP contribution is 2.35. The molecule has 0 aliphatic carbocycles. The Hall–Kier alpha value is -1.79. The van der Waals surface area contributed by atoms with E-state index < -0.39 is 0 Å². The van der Waals surface area contributed by atoms with E-state index >= 15 is 0 Å². The first kappa shape index (κ1) is 25.5. The molecule has 1 aromatic rings. The summed E-state index contributed by atoms with van der Waals surface area (Å²) in [6, 6.07) is 8.90. The molecule has 0 bridgehead atoms. The lowest BCUT2D eigenvalue weighted by Crippen LogP contribution is -2.45. The molecule has 2 rings (SSSR count). The summed E-state index contributed by atoms with van der Waals surface area (Å²) in [6.07, 6.45) is 4.33. The number of nitrogens with zero attached hydrogens (tertiary/aromatic N) is 2. The standard InChI is InChI=1S/C25H44N4O2/c1-6-26-25(27-17-20(13-15-30)16-19(2)3)28-18-22-8-7-14-29(4)24(22)21-9-11-23(31-5)12-10-21/h9-12,19-20,22,24,30H,6-8,13-18H2,1-5H3,(H2,26,27,28).